The lowest BCUT2D eigenvalue weighted by Gasteiger charge is -2.21. The number of nitrogens with zero attached hydrogens (tertiary/aromatic N) is 1. The molecule has 0 aromatic heterocycles. The zero-order chi connectivity index (χ0) is 21.4. The molecule has 0 radical (unpaired) electrons. The Kier molecular flexibility index (Phi) is 12.3. The van der Waals surface area contributed by atoms with Gasteiger partial charge in [-0.2, -0.15) is 0 Å². The molecule has 30 heavy (non-hydrogen) atoms. The van der Waals surface area contributed by atoms with Gasteiger partial charge in [-0.1, -0.05) is 12.1 Å². The summed E-state index contributed by atoms with van der Waals surface area (Å²) in [5.74, 6) is 2.32. The van der Waals surface area contributed by atoms with Crippen LogP contribution in [0.2, 0.25) is 0 Å². The van der Waals surface area contributed by atoms with Gasteiger partial charge in [0.15, 0.2) is 5.96 Å². The summed E-state index contributed by atoms with van der Waals surface area (Å²) in [5.41, 5.74) is 2.27. The molecule has 0 bridgehead atoms. The van der Waals surface area contributed by atoms with Gasteiger partial charge in [0.2, 0.25) is 0 Å². The minimum Gasteiger partial charge on any atom is -0.491 e. The Morgan fingerprint density at radius 1 is 1.13 bits per heavy atom. The lowest BCUT2D eigenvalue weighted by molar-refractivity contribution is 0.0203. The van der Waals surface area contributed by atoms with Gasteiger partial charge in [0, 0.05) is 58.7 Å². The molecule has 1 aliphatic heterocycles. The maximum Gasteiger partial charge on any atom is 0.191 e. The first-order chi connectivity index (χ1) is 14.7. The molecule has 1 fully saturated rings. The van der Waals surface area contributed by atoms with Crippen molar-refractivity contribution < 1.29 is 18.9 Å². The number of hydrogen-bond donors (Lipinski definition) is 2. The van der Waals surface area contributed by atoms with Crippen molar-refractivity contribution in [2.24, 2.45) is 10.9 Å². The molecule has 0 spiro atoms. The zero-order valence-electron chi connectivity index (χ0n) is 18.9. The lowest BCUT2D eigenvalue weighted by Crippen LogP contribution is -2.37. The average Bonchev–Trinajstić information content (AvgIpc) is 2.77. The largest absolute Gasteiger partial charge is 0.491 e. The summed E-state index contributed by atoms with van der Waals surface area (Å²) in [5, 5.41) is 6.71. The highest BCUT2D eigenvalue weighted by molar-refractivity contribution is 5.79. The molecule has 7 nitrogen and oxygen atoms in total. The quantitative estimate of drug-likeness (QED) is 0.290. The van der Waals surface area contributed by atoms with Gasteiger partial charge in [-0.05, 0) is 50.7 Å². The highest BCUT2D eigenvalue weighted by Gasteiger charge is 2.13. The third-order valence-corrected chi connectivity index (χ3v) is 5.03. The van der Waals surface area contributed by atoms with Crippen LogP contribution in [0.4, 0.5) is 0 Å². The van der Waals surface area contributed by atoms with Gasteiger partial charge in [0.25, 0.3) is 0 Å². The van der Waals surface area contributed by atoms with Crippen LogP contribution in [0.1, 0.15) is 37.3 Å². The smallest absolute Gasteiger partial charge is 0.191 e. The topological polar surface area (TPSA) is 73.3 Å². The van der Waals surface area contributed by atoms with Crippen molar-refractivity contribution in [3.05, 3.63) is 29.3 Å². The van der Waals surface area contributed by atoms with E-state index in [1.54, 1.807) is 7.05 Å². The molecule has 1 heterocycles. The van der Waals surface area contributed by atoms with Gasteiger partial charge in [-0.3, -0.25) is 4.99 Å². The van der Waals surface area contributed by atoms with E-state index in [2.05, 4.69) is 40.7 Å². The number of guanidine groups is 1. The highest BCUT2D eigenvalue weighted by atomic mass is 16.5. The van der Waals surface area contributed by atoms with E-state index in [1.165, 1.54) is 5.56 Å². The van der Waals surface area contributed by atoms with Gasteiger partial charge >= 0.3 is 0 Å². The first-order valence-corrected chi connectivity index (χ1v) is 11.1. The molecule has 1 saturated heterocycles. The maximum absolute atomic E-state index is 5.91. The van der Waals surface area contributed by atoms with E-state index in [0.29, 0.717) is 32.3 Å². The molecule has 7 heteroatoms. The first-order valence-electron chi connectivity index (χ1n) is 11.1. The Balaban J connectivity index is 1.65. The predicted molar refractivity (Wildman–Crippen MR) is 120 cm³/mol. The summed E-state index contributed by atoms with van der Waals surface area (Å²) in [6, 6.07) is 6.25. The number of aryl methyl sites for hydroxylation is 1. The normalized spacial score (nSPS) is 15.2. The summed E-state index contributed by atoms with van der Waals surface area (Å²) in [6.07, 6.45) is 3.18. The standard InChI is InChI=1S/C23H39N3O4/c1-4-27-14-15-30-22-16-19(2)6-7-21(22)17-26-23(24-3)25-10-5-11-29-18-20-8-12-28-13-9-20/h6-7,16,20H,4-5,8-15,17-18H2,1-3H3,(H2,24,25,26). The molecule has 0 amide bonds. The minimum atomic E-state index is 0.547. The molecule has 0 saturated carbocycles. The second-order valence-corrected chi connectivity index (χ2v) is 7.49. The van der Waals surface area contributed by atoms with E-state index in [9.17, 15) is 0 Å². The fourth-order valence-corrected chi connectivity index (χ4v) is 3.24. The Hall–Kier alpha value is -1.83. The summed E-state index contributed by atoms with van der Waals surface area (Å²) in [7, 11) is 1.78. The van der Waals surface area contributed by atoms with Crippen LogP contribution in [0, 0.1) is 12.8 Å². The lowest BCUT2D eigenvalue weighted by atomic mass is 10.0. The maximum atomic E-state index is 5.91. The number of hydrogen-bond acceptors (Lipinski definition) is 5. The highest BCUT2D eigenvalue weighted by Crippen LogP contribution is 2.20. The molecular formula is C23H39N3O4. The van der Waals surface area contributed by atoms with Crippen LogP contribution in [0.25, 0.3) is 0 Å². The van der Waals surface area contributed by atoms with Gasteiger partial charge < -0.3 is 29.6 Å². The van der Waals surface area contributed by atoms with Crippen molar-refractivity contribution in [2.75, 3.05) is 59.8 Å². The van der Waals surface area contributed by atoms with Crippen LogP contribution in [-0.2, 0) is 20.8 Å². The van der Waals surface area contributed by atoms with Crippen molar-refractivity contribution in [3.8, 4) is 5.75 Å². The van der Waals surface area contributed by atoms with Crippen LogP contribution in [-0.4, -0.2) is 65.8 Å². The predicted octanol–water partition coefficient (Wildman–Crippen LogP) is 2.91. The molecular weight excluding hydrogens is 382 g/mol. The van der Waals surface area contributed by atoms with E-state index < -0.39 is 0 Å². The Morgan fingerprint density at radius 3 is 2.73 bits per heavy atom. The van der Waals surface area contributed by atoms with Crippen LogP contribution in [0.3, 0.4) is 0 Å². The van der Waals surface area contributed by atoms with E-state index in [0.717, 1.165) is 69.5 Å². The monoisotopic (exact) mass is 421 g/mol. The van der Waals surface area contributed by atoms with Gasteiger partial charge in [0.1, 0.15) is 12.4 Å². The zero-order valence-corrected chi connectivity index (χ0v) is 18.9. The summed E-state index contributed by atoms with van der Waals surface area (Å²) < 4.78 is 22.5. The van der Waals surface area contributed by atoms with Crippen molar-refractivity contribution >= 4 is 5.96 Å². The second-order valence-electron chi connectivity index (χ2n) is 7.49. The number of nitrogens with one attached hydrogen (secondary N) is 2. The fourth-order valence-electron chi connectivity index (χ4n) is 3.24. The van der Waals surface area contributed by atoms with E-state index in [-0.39, 0.29) is 0 Å². The van der Waals surface area contributed by atoms with Crippen LogP contribution < -0.4 is 15.4 Å². The Labute approximate surface area is 181 Å². The average molecular weight is 422 g/mol. The van der Waals surface area contributed by atoms with Crippen molar-refractivity contribution in [3.63, 3.8) is 0 Å². The van der Waals surface area contributed by atoms with E-state index in [1.807, 2.05) is 6.92 Å². The Morgan fingerprint density at radius 2 is 1.97 bits per heavy atom. The van der Waals surface area contributed by atoms with E-state index in [4.69, 9.17) is 18.9 Å². The number of aliphatic imine (C=N–C) groups is 1. The molecule has 2 rings (SSSR count). The molecule has 0 aliphatic carbocycles. The van der Waals surface area contributed by atoms with Gasteiger partial charge in [-0.25, -0.2) is 0 Å². The molecule has 2 N–H and O–H groups in total. The minimum absolute atomic E-state index is 0.547. The van der Waals surface area contributed by atoms with E-state index >= 15 is 0 Å². The van der Waals surface area contributed by atoms with Gasteiger partial charge in [0.05, 0.1) is 6.61 Å². The summed E-state index contributed by atoms with van der Waals surface area (Å²) in [4.78, 5) is 4.31. The van der Waals surface area contributed by atoms with Crippen molar-refractivity contribution in [1.82, 2.24) is 10.6 Å². The third kappa shape index (κ3) is 9.78. The van der Waals surface area contributed by atoms with Gasteiger partial charge in [-0.15, -0.1) is 0 Å². The SMILES string of the molecule is CCOCCOc1cc(C)ccc1CNC(=NC)NCCCOCC1CCOCC1. The first kappa shape index (κ1) is 24.4. The molecule has 1 aliphatic rings. The molecule has 0 atom stereocenters. The molecule has 1 aromatic carbocycles. The van der Waals surface area contributed by atoms with Crippen LogP contribution in [0.5, 0.6) is 5.75 Å². The van der Waals surface area contributed by atoms with Crippen molar-refractivity contribution in [2.45, 2.75) is 39.7 Å². The van der Waals surface area contributed by atoms with Crippen LogP contribution >= 0.6 is 0 Å². The van der Waals surface area contributed by atoms with Crippen molar-refractivity contribution in [1.29, 1.82) is 0 Å². The number of ether oxygens (including phenoxy) is 4. The number of rotatable bonds is 13. The fraction of sp³-hybridized carbons (Fsp3) is 0.696. The molecule has 170 valence electrons. The summed E-state index contributed by atoms with van der Waals surface area (Å²) >= 11 is 0. The number of benzene rings is 1. The Bertz CT molecular complexity index is 618. The second kappa shape index (κ2) is 15.0. The third-order valence-electron chi connectivity index (χ3n) is 5.03. The molecule has 0 unspecified atom stereocenters. The molecule has 1 aromatic rings. The summed E-state index contributed by atoms with van der Waals surface area (Å²) in [6.45, 7) is 10.7. The van der Waals surface area contributed by atoms with Crippen LogP contribution in [0.15, 0.2) is 23.2 Å².